The van der Waals surface area contributed by atoms with Crippen LogP contribution in [-0.4, -0.2) is 52.8 Å². The van der Waals surface area contributed by atoms with Crippen LogP contribution in [0.1, 0.15) is 17.7 Å². The number of pyridine rings is 1. The Morgan fingerprint density at radius 3 is 2.56 bits per heavy atom. The molecular weight excluding hydrogens is 340 g/mol. The number of aromatic nitrogens is 1. The summed E-state index contributed by atoms with van der Waals surface area (Å²) in [5.41, 5.74) is 6.23. The maximum Gasteiger partial charge on any atom is 0.254 e. The van der Waals surface area contributed by atoms with Crippen LogP contribution in [0.2, 0.25) is 0 Å². The number of hydrogen-bond acceptors (Lipinski definition) is 4. The lowest BCUT2D eigenvalue weighted by Crippen LogP contribution is -2.69. The number of carbonyl (C=O) groups is 1. The molecule has 1 aromatic heterocycles. The maximum atomic E-state index is 12.5. The molecular formula is C22H20N2O3. The number of carbonyl (C=O) groups excluding carboxylic acids is 1. The Hall–Kier alpha value is -2.76. The summed E-state index contributed by atoms with van der Waals surface area (Å²) in [6.07, 6.45) is 1.18. The minimum atomic E-state index is -0.771. The first kappa shape index (κ1) is 16.4. The quantitative estimate of drug-likeness (QED) is 0.853. The van der Waals surface area contributed by atoms with Gasteiger partial charge < -0.3 is 14.7 Å². The van der Waals surface area contributed by atoms with Gasteiger partial charge in [-0.15, -0.1) is 0 Å². The van der Waals surface area contributed by atoms with E-state index in [1.54, 1.807) is 11.1 Å². The maximum absolute atomic E-state index is 12.5. The molecule has 5 heteroatoms. The van der Waals surface area contributed by atoms with Crippen molar-refractivity contribution in [2.24, 2.45) is 0 Å². The van der Waals surface area contributed by atoms with Gasteiger partial charge in [0.15, 0.2) is 6.10 Å². The van der Waals surface area contributed by atoms with Crippen LogP contribution in [0, 0.1) is 0 Å². The number of benzene rings is 1. The highest BCUT2D eigenvalue weighted by Gasteiger charge is 2.55. The van der Waals surface area contributed by atoms with Crippen LogP contribution < -0.4 is 0 Å². The Morgan fingerprint density at radius 1 is 1.07 bits per heavy atom. The molecule has 2 aliphatic heterocycles. The van der Waals surface area contributed by atoms with Crippen LogP contribution >= 0.6 is 0 Å². The van der Waals surface area contributed by atoms with E-state index in [1.165, 1.54) is 7.11 Å². The molecule has 136 valence electrons. The monoisotopic (exact) mass is 360 g/mol. The number of fused-ring (bicyclic) bond motifs is 2. The van der Waals surface area contributed by atoms with E-state index in [0.717, 1.165) is 40.0 Å². The summed E-state index contributed by atoms with van der Waals surface area (Å²) in [7, 11) is 1.53. The molecule has 1 aliphatic carbocycles. The molecule has 1 fully saturated rings. The zero-order valence-electron chi connectivity index (χ0n) is 15.0. The summed E-state index contributed by atoms with van der Waals surface area (Å²) in [6, 6.07) is 15.4. The summed E-state index contributed by atoms with van der Waals surface area (Å²) in [6.45, 7) is 0.498. The van der Waals surface area contributed by atoms with Crippen molar-refractivity contribution >= 4 is 17.1 Å². The van der Waals surface area contributed by atoms with Crippen LogP contribution in [0.15, 0.2) is 65.9 Å². The molecule has 27 heavy (non-hydrogen) atoms. The molecule has 3 atom stereocenters. The summed E-state index contributed by atoms with van der Waals surface area (Å²) in [4.78, 5) is 18.7. The summed E-state index contributed by atoms with van der Waals surface area (Å²) < 4.78 is 5.38. The van der Waals surface area contributed by atoms with E-state index in [4.69, 9.17) is 4.74 Å². The van der Waals surface area contributed by atoms with Crippen molar-refractivity contribution in [2.45, 2.75) is 24.7 Å². The number of amides is 1. The lowest BCUT2D eigenvalue weighted by molar-refractivity contribution is -0.175. The van der Waals surface area contributed by atoms with Gasteiger partial charge in [-0.25, -0.2) is 0 Å². The van der Waals surface area contributed by atoms with Gasteiger partial charge in [-0.05, 0) is 40.0 Å². The number of ether oxygens (including phenoxy) is 1. The third-order valence-electron chi connectivity index (χ3n) is 5.86. The second kappa shape index (κ2) is 6.15. The predicted molar refractivity (Wildman–Crippen MR) is 101 cm³/mol. The van der Waals surface area contributed by atoms with E-state index in [-0.39, 0.29) is 11.9 Å². The summed E-state index contributed by atoms with van der Waals surface area (Å²) >= 11 is 0. The molecule has 1 saturated heterocycles. The van der Waals surface area contributed by atoms with Gasteiger partial charge in [0, 0.05) is 26.3 Å². The lowest BCUT2D eigenvalue weighted by Gasteiger charge is -2.47. The zero-order chi connectivity index (χ0) is 18.5. The molecule has 5 nitrogen and oxygen atoms in total. The van der Waals surface area contributed by atoms with Crippen molar-refractivity contribution in [1.82, 2.24) is 9.88 Å². The fourth-order valence-electron chi connectivity index (χ4n) is 4.48. The van der Waals surface area contributed by atoms with Gasteiger partial charge in [0.1, 0.15) is 6.10 Å². The topological polar surface area (TPSA) is 62.7 Å². The number of aliphatic hydroxyl groups excluding tert-OH is 1. The van der Waals surface area contributed by atoms with Crippen molar-refractivity contribution < 1.29 is 14.6 Å². The van der Waals surface area contributed by atoms with E-state index in [1.807, 2.05) is 48.5 Å². The average Bonchev–Trinajstić information content (AvgIpc) is 2.77. The van der Waals surface area contributed by atoms with Crippen LogP contribution in [0.4, 0.5) is 0 Å². The van der Waals surface area contributed by atoms with Crippen molar-refractivity contribution in [2.75, 3.05) is 13.7 Å². The Kier molecular flexibility index (Phi) is 3.74. The molecule has 3 aliphatic rings. The van der Waals surface area contributed by atoms with E-state index in [0.29, 0.717) is 6.54 Å². The minimum absolute atomic E-state index is 0.0602. The highest BCUT2D eigenvalue weighted by molar-refractivity contribution is 5.96. The first-order valence-corrected chi connectivity index (χ1v) is 9.14. The van der Waals surface area contributed by atoms with Gasteiger partial charge in [0.25, 0.3) is 5.91 Å². The Bertz CT molecular complexity index is 966. The fraction of sp³-hybridized carbons (Fsp3) is 0.273. The smallest absolute Gasteiger partial charge is 0.254 e. The molecule has 2 aromatic rings. The normalized spacial score (nSPS) is 26.8. The van der Waals surface area contributed by atoms with Crippen molar-refractivity contribution in [3.63, 3.8) is 0 Å². The number of methoxy groups -OCH3 is 1. The number of nitrogens with zero attached hydrogens (tertiary/aromatic N) is 2. The molecule has 5 rings (SSSR count). The zero-order valence-corrected chi connectivity index (χ0v) is 15.0. The van der Waals surface area contributed by atoms with Crippen LogP contribution in [0.3, 0.4) is 0 Å². The van der Waals surface area contributed by atoms with E-state index >= 15 is 0 Å². The second-order valence-corrected chi connectivity index (χ2v) is 7.16. The largest absolute Gasteiger partial charge is 0.386 e. The molecule has 1 N–H and O–H groups in total. The standard InChI is InChI=1S/C22H20N2O3/c1-27-21-19-20(25)18(13-7-3-2-4-8-13)15-11-14(17-9-5-6-10-23-17)16(15)12-24(19)22(21)26/h2-10,19-21,25H,11-12H2,1H3/t19-,20+,21+/m0/s1. The number of allylic oxidation sites excluding steroid dienone is 1. The molecule has 0 radical (unpaired) electrons. The van der Waals surface area contributed by atoms with Crippen molar-refractivity contribution in [1.29, 1.82) is 0 Å². The van der Waals surface area contributed by atoms with Gasteiger partial charge in [0.2, 0.25) is 0 Å². The summed E-state index contributed by atoms with van der Waals surface area (Å²) in [5.74, 6) is -0.0602. The fourth-order valence-corrected chi connectivity index (χ4v) is 4.48. The molecule has 0 unspecified atom stereocenters. The number of aliphatic hydroxyl groups is 1. The Morgan fingerprint density at radius 2 is 1.85 bits per heavy atom. The Balaban J connectivity index is 1.67. The highest BCUT2D eigenvalue weighted by atomic mass is 16.5. The van der Waals surface area contributed by atoms with Gasteiger partial charge >= 0.3 is 0 Å². The van der Waals surface area contributed by atoms with Gasteiger partial charge in [-0.1, -0.05) is 36.4 Å². The van der Waals surface area contributed by atoms with E-state index in [9.17, 15) is 9.90 Å². The number of rotatable bonds is 3. The number of β-lactam (4-membered cyclic amide) rings is 1. The first-order chi connectivity index (χ1) is 13.2. The van der Waals surface area contributed by atoms with E-state index in [2.05, 4.69) is 4.98 Å². The lowest BCUT2D eigenvalue weighted by atomic mass is 9.76. The van der Waals surface area contributed by atoms with Crippen LogP contribution in [-0.2, 0) is 9.53 Å². The number of hydrogen-bond donors (Lipinski definition) is 1. The molecule has 0 spiro atoms. The molecule has 1 aromatic carbocycles. The molecule has 3 heterocycles. The van der Waals surface area contributed by atoms with Gasteiger partial charge in [-0.3, -0.25) is 9.78 Å². The minimum Gasteiger partial charge on any atom is -0.386 e. The first-order valence-electron chi connectivity index (χ1n) is 9.14. The van der Waals surface area contributed by atoms with Crippen LogP contribution in [0.25, 0.3) is 11.1 Å². The third-order valence-corrected chi connectivity index (χ3v) is 5.86. The van der Waals surface area contributed by atoms with Crippen molar-refractivity contribution in [3.05, 3.63) is 77.1 Å². The predicted octanol–water partition coefficient (Wildman–Crippen LogP) is 2.29. The third kappa shape index (κ3) is 2.32. The van der Waals surface area contributed by atoms with Gasteiger partial charge in [-0.2, -0.15) is 0 Å². The highest BCUT2D eigenvalue weighted by Crippen LogP contribution is 2.50. The average molecular weight is 360 g/mol. The van der Waals surface area contributed by atoms with Gasteiger partial charge in [0.05, 0.1) is 11.7 Å². The molecule has 0 saturated carbocycles. The molecule has 0 bridgehead atoms. The Labute approximate surface area is 157 Å². The summed E-state index contributed by atoms with van der Waals surface area (Å²) in [5, 5.41) is 11.2. The molecule has 1 amide bonds. The second-order valence-electron chi connectivity index (χ2n) is 7.16. The van der Waals surface area contributed by atoms with Crippen LogP contribution in [0.5, 0.6) is 0 Å². The SMILES string of the molecule is CO[C@H]1C(=O)N2CC3=C(c4ccccn4)CC3=C(c3ccccc3)[C@@H](O)[C@@H]12. The van der Waals surface area contributed by atoms with E-state index < -0.39 is 12.2 Å². The van der Waals surface area contributed by atoms with Crippen molar-refractivity contribution in [3.8, 4) is 0 Å².